The van der Waals surface area contributed by atoms with Crippen LogP contribution in [-0.4, -0.2) is 5.92 Å². The normalized spacial score (nSPS) is 17.8. The van der Waals surface area contributed by atoms with E-state index in [4.69, 9.17) is 17.0 Å². The molecule has 291 valence electrons. The van der Waals surface area contributed by atoms with Crippen molar-refractivity contribution in [2.45, 2.75) is 107 Å². The Morgan fingerprint density at radius 1 is 0.571 bits per heavy atom. The van der Waals surface area contributed by atoms with E-state index in [0.29, 0.717) is 5.92 Å². The van der Waals surface area contributed by atoms with Gasteiger partial charge in [0.1, 0.15) is 0 Å². The molecule has 2 unspecified atom stereocenters. The number of aryl methyl sites for hydroxylation is 1. The Kier molecular flexibility index (Phi) is 10.7. The summed E-state index contributed by atoms with van der Waals surface area (Å²) in [7, 11) is 17.8. The fraction of sp³-hybridized carbons (Fsp3) is 0.346. The topological polar surface area (TPSA) is 0 Å². The number of allylic oxidation sites excluding steroid dienone is 2. The van der Waals surface area contributed by atoms with Gasteiger partial charge in [-0.2, -0.15) is 0 Å². The van der Waals surface area contributed by atoms with E-state index in [9.17, 15) is 0 Å². The molecule has 0 bridgehead atoms. The van der Waals surface area contributed by atoms with Crippen molar-refractivity contribution < 1.29 is 15.6 Å². The number of hydrogen-bond donors (Lipinski definition) is 0. The summed E-state index contributed by atoms with van der Waals surface area (Å²) in [5.41, 5.74) is 21.1. The molecule has 4 heteroatoms. The van der Waals surface area contributed by atoms with Gasteiger partial charge in [-0.25, -0.2) is 0 Å². The van der Waals surface area contributed by atoms with E-state index in [1.54, 1.807) is 0 Å². The van der Waals surface area contributed by atoms with Gasteiger partial charge < -0.3 is 0 Å². The van der Waals surface area contributed by atoms with Gasteiger partial charge in [-0.05, 0) is 0 Å². The summed E-state index contributed by atoms with van der Waals surface area (Å²) < 4.78 is 0.0420. The summed E-state index contributed by atoms with van der Waals surface area (Å²) in [6.45, 7) is 30.1. The van der Waals surface area contributed by atoms with Gasteiger partial charge in [0, 0.05) is 0 Å². The molecular weight excluding hydrogens is 815 g/mol. The van der Waals surface area contributed by atoms with Crippen LogP contribution < -0.4 is 0 Å². The van der Waals surface area contributed by atoms with Crippen molar-refractivity contribution in [3.05, 3.63) is 153 Å². The number of halogens is 2. The van der Waals surface area contributed by atoms with Crippen LogP contribution in [0.2, 0.25) is 13.1 Å². The van der Waals surface area contributed by atoms with Crippen molar-refractivity contribution in [1.29, 1.82) is 0 Å². The first-order chi connectivity index (χ1) is 26.1. The molecule has 2 aliphatic rings. The molecule has 0 amide bonds. The Morgan fingerprint density at radius 3 is 1.66 bits per heavy atom. The summed E-state index contributed by atoms with van der Waals surface area (Å²) in [6.07, 6.45) is 4.95. The van der Waals surface area contributed by atoms with Gasteiger partial charge in [0.2, 0.25) is 0 Å². The number of hydrogen-bond acceptors (Lipinski definition) is 0. The van der Waals surface area contributed by atoms with Crippen molar-refractivity contribution in [3.8, 4) is 33.4 Å². The molecule has 0 spiro atoms. The van der Waals surface area contributed by atoms with E-state index in [0.717, 1.165) is 0 Å². The summed E-state index contributed by atoms with van der Waals surface area (Å²) in [5.74, 6) is -1.43. The second-order valence-electron chi connectivity index (χ2n) is 19.7. The molecule has 0 saturated heterocycles. The molecule has 5 aromatic carbocycles. The maximum absolute atomic E-state index is 8.88. The van der Waals surface area contributed by atoms with Gasteiger partial charge in [-0.3, -0.25) is 0 Å². The van der Waals surface area contributed by atoms with Crippen LogP contribution in [-0.2, 0) is 26.4 Å². The molecule has 0 nitrogen and oxygen atoms in total. The van der Waals surface area contributed by atoms with Crippen LogP contribution in [0.5, 0.6) is 0 Å². The second kappa shape index (κ2) is 14.5. The predicted molar refractivity (Wildman–Crippen MR) is 249 cm³/mol. The van der Waals surface area contributed by atoms with E-state index in [1.807, 2.05) is 0 Å². The van der Waals surface area contributed by atoms with Crippen molar-refractivity contribution in [1.82, 2.24) is 0 Å². The van der Waals surface area contributed by atoms with Crippen LogP contribution in [0.4, 0.5) is 0 Å². The summed E-state index contributed by atoms with van der Waals surface area (Å²) in [5, 5.41) is 0. The number of rotatable bonds is 7. The zero-order chi connectivity index (χ0) is 40.7. The SMILES string of the molecule is CC1=Cc2c(-c3ccc(C(C)(C)C)cc3)cc(-c3ccc(C(C)(C)C)cc3)cc2[CH]1[Zr]([Cl])([Cl])([CH]1C(C(C)C)=Cc2c(-c3cccc(C)c3C)cccc21)[SiH](C)C. The molecule has 56 heavy (non-hydrogen) atoms. The summed E-state index contributed by atoms with van der Waals surface area (Å²) in [6, 6.07) is 37.0. The molecule has 2 aliphatic carbocycles. The molecule has 7 rings (SSSR count). The van der Waals surface area contributed by atoms with Crippen molar-refractivity contribution >= 4 is 35.1 Å². The van der Waals surface area contributed by atoms with Gasteiger partial charge in [0.05, 0.1) is 0 Å². The third kappa shape index (κ3) is 6.87. The second-order valence-corrected chi connectivity index (χ2v) is 62.2. The van der Waals surface area contributed by atoms with Crippen molar-refractivity contribution in [2.24, 2.45) is 5.92 Å². The molecule has 5 aromatic rings. The van der Waals surface area contributed by atoms with Crippen LogP contribution in [0.15, 0.2) is 108 Å². The van der Waals surface area contributed by atoms with Gasteiger partial charge in [0.25, 0.3) is 0 Å². The molecule has 2 atom stereocenters. The molecule has 0 fully saturated rings. The van der Waals surface area contributed by atoms with Crippen LogP contribution in [0.3, 0.4) is 0 Å². The van der Waals surface area contributed by atoms with E-state index < -0.39 is 21.5 Å². The minimum absolute atomic E-state index is 0.00491. The first kappa shape index (κ1) is 41.4. The Bertz CT molecular complexity index is 2400. The van der Waals surface area contributed by atoms with E-state index in [-0.39, 0.29) is 18.1 Å². The van der Waals surface area contributed by atoms with E-state index in [2.05, 4.69) is 198 Å². The van der Waals surface area contributed by atoms with Crippen LogP contribution in [0.1, 0.15) is 114 Å². The van der Waals surface area contributed by atoms with Crippen LogP contribution in [0.25, 0.3) is 45.5 Å². The van der Waals surface area contributed by atoms with Crippen molar-refractivity contribution in [2.75, 3.05) is 0 Å². The third-order valence-electron chi connectivity index (χ3n) is 13.4. The zero-order valence-electron chi connectivity index (χ0n) is 36.0. The third-order valence-corrected chi connectivity index (χ3v) is 65.3. The fourth-order valence-electron chi connectivity index (χ4n) is 9.73. The predicted octanol–water partition coefficient (Wildman–Crippen LogP) is 16.1. The first-order valence-electron chi connectivity index (χ1n) is 20.7. The molecule has 0 heterocycles. The van der Waals surface area contributed by atoms with Crippen LogP contribution >= 0.6 is 17.0 Å². The van der Waals surface area contributed by atoms with Gasteiger partial charge >= 0.3 is 350 Å². The Labute approximate surface area is 347 Å². The van der Waals surface area contributed by atoms with E-state index in [1.165, 1.54) is 89.0 Å². The van der Waals surface area contributed by atoms with Gasteiger partial charge in [-0.1, -0.05) is 0 Å². The molecule has 0 aromatic heterocycles. The minimum atomic E-state index is -5.01. The average molecular weight is 876 g/mol. The Hall–Kier alpha value is -2.74. The van der Waals surface area contributed by atoms with Crippen LogP contribution in [0, 0.1) is 19.8 Å². The van der Waals surface area contributed by atoms with Crippen molar-refractivity contribution in [3.63, 3.8) is 0 Å². The quantitative estimate of drug-likeness (QED) is 0.143. The van der Waals surface area contributed by atoms with E-state index >= 15 is 0 Å². The number of fused-ring (bicyclic) bond motifs is 2. The van der Waals surface area contributed by atoms with Gasteiger partial charge in [-0.15, -0.1) is 0 Å². The summed E-state index contributed by atoms with van der Waals surface area (Å²) in [4.78, 5) is 0. The number of benzene rings is 5. The average Bonchev–Trinajstić information content (AvgIpc) is 3.71. The standard InChI is InChI=1S/C30H33.C20H21.C2H7Si.2ClH.Zr/c1-20-16-24-18-23(21-8-12-25(13-9-21)29(2,3)4)19-28(27(24)17-20)22-10-14-26(15-11-22)30(5,6)7;1-13(2)17-11-16-8-6-10-19(20(16)12-17)18-9-5-7-14(3)15(18)4;1-3-2;;;/h8-19H,1-7H3;5-13H,1-4H3;3H,1-2H3;2*1H;/q;;;;;+2/p-2. The Balaban J connectivity index is 1.48. The Morgan fingerprint density at radius 2 is 1.11 bits per heavy atom. The first-order valence-corrected chi connectivity index (χ1v) is 37.0. The molecule has 0 N–H and O–H groups in total. The molecular formula is C52H61Cl2SiZr. The molecule has 0 saturated carbocycles. The zero-order valence-corrected chi connectivity index (χ0v) is 41.1. The summed E-state index contributed by atoms with van der Waals surface area (Å²) >= 11 is -5.01. The van der Waals surface area contributed by atoms with Gasteiger partial charge in [0.15, 0.2) is 0 Å². The monoisotopic (exact) mass is 873 g/mol. The maximum atomic E-state index is 8.88. The fourth-order valence-corrected chi connectivity index (χ4v) is 41.9. The molecule has 0 radical (unpaired) electrons. The molecule has 0 aliphatic heterocycles.